The molecule has 1 saturated heterocycles. The lowest BCUT2D eigenvalue weighted by Crippen LogP contribution is -2.48. The Kier molecular flexibility index (Phi) is 26.2. The number of anilines is 1. The van der Waals surface area contributed by atoms with Crippen molar-refractivity contribution in [3.05, 3.63) is 246 Å². The highest BCUT2D eigenvalue weighted by molar-refractivity contribution is 6.07. The number of carbonyl (C=O) groups is 1. The van der Waals surface area contributed by atoms with Gasteiger partial charge in [-0.2, -0.15) is 5.48 Å². The number of ether oxygens (including phenoxy) is 4. The molecule has 7 aromatic rings. The van der Waals surface area contributed by atoms with Crippen LogP contribution < -0.4 is 34.1 Å². The van der Waals surface area contributed by atoms with Crippen LogP contribution in [0.15, 0.2) is 153 Å². The van der Waals surface area contributed by atoms with Gasteiger partial charge >= 0.3 is 0 Å². The number of aliphatic hydroxyl groups is 1. The van der Waals surface area contributed by atoms with Gasteiger partial charge in [0.05, 0.1) is 29.6 Å². The molecule has 6 aliphatic heterocycles. The molecule has 48 heteroatoms. The van der Waals surface area contributed by atoms with Gasteiger partial charge in [0.1, 0.15) is 47.3 Å². The Morgan fingerprint density at radius 1 is 0.458 bits per heavy atom. The van der Waals surface area contributed by atoms with Crippen molar-refractivity contribution in [1.29, 1.82) is 0 Å². The molecule has 0 spiro atoms. The molecule has 12 N–H and O–H groups in total. The van der Waals surface area contributed by atoms with E-state index < -0.39 is 271 Å². The van der Waals surface area contributed by atoms with Gasteiger partial charge in [0, 0.05) is 92.1 Å². The van der Waals surface area contributed by atoms with E-state index in [0.29, 0.717) is 30.5 Å². The zero-order valence-electron chi connectivity index (χ0n) is 66.4. The Hall–Kier alpha value is -11.8. The van der Waals surface area contributed by atoms with E-state index in [4.69, 9.17) is 52.5 Å². The molecule has 704 valence electrons. The fraction of sp³-hybridized carbons (Fsp3) is 0.422. The Morgan fingerprint density at radius 3 is 1.25 bits per heavy atom. The van der Waals surface area contributed by atoms with Gasteiger partial charge in [-0.05, 0) is 81.3 Å². The lowest BCUT2D eigenvalue weighted by Gasteiger charge is -2.34. The minimum atomic E-state index is -3.24. The highest BCUT2D eigenvalue weighted by Gasteiger charge is 2.70. The smallest absolute Gasteiger partial charge is 0.283 e. The summed E-state index contributed by atoms with van der Waals surface area (Å²) in [4.78, 5) is 46.4. The number of amidine groups is 3. The predicted octanol–water partition coefficient (Wildman–Crippen LogP) is 15.6. The van der Waals surface area contributed by atoms with Crippen LogP contribution in [0.25, 0.3) is 0 Å². The maximum atomic E-state index is 14.4. The fourth-order valence-corrected chi connectivity index (χ4v) is 17.1. The van der Waals surface area contributed by atoms with Crippen LogP contribution in [0.5, 0.6) is 0 Å². The molecule has 7 aliphatic carbocycles. The number of nitro groups is 1. The molecule has 6 heterocycles. The Morgan fingerprint density at radius 2 is 0.863 bits per heavy atom. The molecule has 20 atom stereocenters. The van der Waals surface area contributed by atoms with Gasteiger partial charge in [0.2, 0.25) is 0 Å². The number of hydrogen-bond donors (Lipinski definition) is 7. The number of fused-ring (bicyclic) bond motifs is 6. The molecule has 8 unspecified atom stereocenters. The van der Waals surface area contributed by atoms with E-state index in [1.807, 2.05) is 0 Å². The fourth-order valence-electron chi connectivity index (χ4n) is 17.1. The quantitative estimate of drug-likeness (QED) is 0.0138. The van der Waals surface area contributed by atoms with Crippen LogP contribution in [0.2, 0.25) is 0 Å². The summed E-state index contributed by atoms with van der Waals surface area (Å²) in [6.45, 7) is 0. The van der Waals surface area contributed by atoms with Crippen molar-refractivity contribution in [3.63, 3.8) is 0 Å². The van der Waals surface area contributed by atoms with Crippen LogP contribution in [0, 0.1) is 121 Å². The SMILES string of the molecule is FC(F)C1=NOC2CC12.Fc1cccc([C@@]2(C(F)F)NOC3C[C@@H]32)c1F.NC1=N[C@@](c2cc(N)cc(F)c2F)(C(F)F)[C@H]2CC2O1.NC1=N[C@@](c2cc([N+](=O)[O-])cc(F)c2F)(C(F)F)[C@H]2CC2O1.NC1=N[C@@](c2cccc(F)c2F)(C(F)F)[C@H]2CC2O1.N[C@@](c1cccc(F)c1F)(C(F)F)[C@H]1CC1O.O=C(CC1=N[C@@](c2cccc(F)c2F)(C(F)F)[C@H]2CC2O1)c1ccccc1. The second-order valence-electron chi connectivity index (χ2n) is 32.4. The molecule has 22 nitrogen and oxygen atoms in total. The number of hydroxylamine groups is 1. The van der Waals surface area contributed by atoms with Gasteiger partial charge in [-0.1, -0.05) is 84.0 Å². The number of nitrogens with two attached hydrogens (primary N) is 5. The van der Waals surface area contributed by atoms with E-state index in [0.717, 1.165) is 67.1 Å². The number of benzene rings is 7. The van der Waals surface area contributed by atoms with E-state index in [9.17, 15) is 134 Å². The van der Waals surface area contributed by atoms with Crippen LogP contribution in [0.1, 0.15) is 95.1 Å². The maximum absolute atomic E-state index is 14.4. The Bertz CT molecular complexity index is 5710. The number of alkyl halides is 14. The first-order valence-electron chi connectivity index (χ1n) is 39.4. The number of nitrogens with zero attached hydrogens (tertiary/aromatic N) is 6. The zero-order valence-corrected chi connectivity index (χ0v) is 66.4. The maximum Gasteiger partial charge on any atom is 0.283 e. The number of non-ortho nitro benzene ring substituents is 1. The van der Waals surface area contributed by atoms with Crippen molar-refractivity contribution in [2.75, 3.05) is 5.73 Å². The first kappa shape index (κ1) is 95.3. The normalized spacial score (nSPS) is 30.6. The van der Waals surface area contributed by atoms with Gasteiger partial charge in [0.15, 0.2) is 104 Å². The molecule has 13 aliphatic rings. The summed E-state index contributed by atoms with van der Waals surface area (Å²) >= 11 is 0. The third-order valence-corrected chi connectivity index (χ3v) is 24.3. The van der Waals surface area contributed by atoms with Crippen LogP contribution in [-0.4, -0.2) is 133 Å². The van der Waals surface area contributed by atoms with Gasteiger partial charge in [0.25, 0.3) is 68.7 Å². The lowest BCUT2D eigenvalue weighted by molar-refractivity contribution is -0.385. The summed E-state index contributed by atoms with van der Waals surface area (Å²) in [5.41, 5.74) is 11.8. The van der Waals surface area contributed by atoms with Crippen LogP contribution in [0.3, 0.4) is 0 Å². The number of ketones is 1. The predicted molar refractivity (Wildman–Crippen MR) is 406 cm³/mol. The number of halogens is 26. The molecule has 131 heavy (non-hydrogen) atoms. The van der Waals surface area contributed by atoms with Crippen molar-refractivity contribution in [1.82, 2.24) is 5.48 Å². The average molecular weight is 1890 g/mol. The van der Waals surface area contributed by atoms with Crippen LogP contribution >= 0.6 is 0 Å². The molecular formula is C83H70F26N12O10. The van der Waals surface area contributed by atoms with Gasteiger partial charge in [-0.25, -0.2) is 134 Å². The molecular weight excluding hydrogens is 1820 g/mol. The Labute approximate surface area is 721 Å². The number of aliphatic imine (C=N–C) groups is 4. The number of nitro benzene ring substituents is 1. The summed E-state index contributed by atoms with van der Waals surface area (Å²) in [5, 5.41) is 23.2. The number of rotatable bonds is 18. The minimum absolute atomic E-state index is 0.00556. The van der Waals surface area contributed by atoms with E-state index in [-0.39, 0.29) is 78.9 Å². The van der Waals surface area contributed by atoms with Crippen LogP contribution in [-0.2, 0) is 61.9 Å². The molecule has 0 bridgehead atoms. The van der Waals surface area contributed by atoms with E-state index in [1.54, 1.807) is 30.3 Å². The summed E-state index contributed by atoms with van der Waals surface area (Å²) < 4.78 is 370. The van der Waals surface area contributed by atoms with E-state index in [1.165, 1.54) is 24.3 Å². The van der Waals surface area contributed by atoms with Crippen molar-refractivity contribution in [2.24, 2.45) is 89.5 Å². The number of nitrogen functional groups attached to an aromatic ring is 1. The van der Waals surface area contributed by atoms with Crippen molar-refractivity contribution in [2.45, 2.75) is 172 Å². The molecule has 0 radical (unpaired) electrons. The first-order chi connectivity index (χ1) is 61.8. The van der Waals surface area contributed by atoms with Crippen molar-refractivity contribution >= 4 is 46.8 Å². The number of Topliss-reactive ketones (excluding diaryl/α,β-unsaturated/α-hetero) is 1. The van der Waals surface area contributed by atoms with Gasteiger partial charge in [-0.3, -0.25) is 19.7 Å². The Balaban J connectivity index is 0.000000125. The van der Waals surface area contributed by atoms with Gasteiger partial charge < -0.3 is 57.6 Å². The molecule has 8 fully saturated rings. The summed E-state index contributed by atoms with van der Waals surface area (Å²) in [7, 11) is 0. The van der Waals surface area contributed by atoms with E-state index in [2.05, 4.69) is 35.4 Å². The largest absolute Gasteiger partial charge is 0.477 e. The minimum Gasteiger partial charge on any atom is -0.477 e. The molecule has 7 aromatic carbocycles. The van der Waals surface area contributed by atoms with Crippen LogP contribution in [0.4, 0.5) is 126 Å². The van der Waals surface area contributed by atoms with Crippen molar-refractivity contribution < 1.29 is 158 Å². The summed E-state index contributed by atoms with van der Waals surface area (Å²) in [5.74, 6) is -21.0. The van der Waals surface area contributed by atoms with E-state index >= 15 is 0 Å². The monoisotopic (exact) mass is 1890 g/mol. The second kappa shape index (κ2) is 36.0. The van der Waals surface area contributed by atoms with Gasteiger partial charge in [-0.15, -0.1) is 0 Å². The summed E-state index contributed by atoms with van der Waals surface area (Å²) in [6, 6.07) is 22.0. The zero-order chi connectivity index (χ0) is 95.3. The molecule has 0 amide bonds. The highest BCUT2D eigenvalue weighted by Crippen LogP contribution is 2.62. The number of aliphatic hydroxyl groups excluding tert-OH is 1. The summed E-state index contributed by atoms with van der Waals surface area (Å²) in [6.07, 6.45) is -22.5. The third-order valence-electron chi connectivity index (χ3n) is 24.3. The number of nitrogens with one attached hydrogen (secondary N) is 1. The van der Waals surface area contributed by atoms with Crippen molar-refractivity contribution in [3.8, 4) is 0 Å². The number of oxime groups is 1. The lowest BCUT2D eigenvalue weighted by atomic mass is 9.84. The molecule has 20 rings (SSSR count). The number of hydrogen-bond acceptors (Lipinski definition) is 21. The second-order valence-corrected chi connectivity index (χ2v) is 32.4. The third kappa shape index (κ3) is 17.6. The number of carbonyl (C=O) groups excluding carboxylic acids is 1. The first-order valence-corrected chi connectivity index (χ1v) is 39.4. The topological polar surface area (TPSA) is 340 Å². The average Bonchev–Trinajstić information content (AvgIpc) is 1.54. The standard InChI is InChI=1S/C20H15F4NO2.C12H9F4N3O3.C12H11F4N3O.C12H10F4N2O.C11H9F4NO.C11H11F4NO.C5H5F2NO/c21-14-8-4-7-12(18(14)22)20(19(23)24)13-9-16(13)27-17(25-20)10-15(26)11-5-2-1-3-6-11;13-7-2-4(19(20)21)1-6(9(7)14)12(10(15)16)5-3-8(5)22-11(17)18-12;13-7-2-4(17)1-6(9(7)14)12(10(15)16)5-3-8(5)20-11(18)19-12;13-7-3-1-2-5(9(7)14)12(10(15)16)6-4-8(6)19-11(17)18-12;12-7-3-1-2-5(9(7)13)11(10(14)15)6-4-8(6)17-16-11;12-7-3-1-2-5(9(7)13)11(16,10(14)15)6-4-8(6)17;6-5(7)4-2-1-3(2)9-8-4/h1-8,13,16,19H,9-10H2;1-2,5,8,10H,3H2,(H2,17,18);1-2,5,8,10H,3,17H2,(H2,18,19);1-3,6,8,10H,4H2,(H2,17,18);1-3,6,8,10,16H,4H2;1-3,6,8,10,17H,4,16H2;2-3,5H,1H2/t13-,16?,20+;2*5-,8?,12-;6-,8?,12+;2*6-,8?,11+;/m000000./s1. The molecule has 7 saturated carbocycles. The molecule has 0 aromatic heterocycles. The highest BCUT2D eigenvalue weighted by atomic mass is 19.3.